The summed E-state index contributed by atoms with van der Waals surface area (Å²) in [5, 5.41) is 1.92. The molecule has 2 heterocycles. The molecule has 0 aliphatic rings. The van der Waals surface area contributed by atoms with Gasteiger partial charge in [0, 0.05) is 17.8 Å². The topological polar surface area (TPSA) is 46.0 Å². The summed E-state index contributed by atoms with van der Waals surface area (Å²) in [6.45, 7) is 0. The van der Waals surface area contributed by atoms with Crippen molar-refractivity contribution >= 4 is 10.8 Å². The Labute approximate surface area is 91.3 Å². The fraction of sp³-hybridized carbons (Fsp3) is 0. The first kappa shape index (κ1) is 8.97. The second-order valence-corrected chi connectivity index (χ2v) is 3.62. The predicted octanol–water partition coefficient (Wildman–Crippen LogP) is 2.79. The first-order valence-corrected chi connectivity index (χ1v) is 4.99. The van der Waals surface area contributed by atoms with E-state index in [4.69, 9.17) is 4.42 Å². The molecule has 0 bridgehead atoms. The average Bonchev–Trinajstić information content (AvgIpc) is 2.81. The summed E-state index contributed by atoms with van der Waals surface area (Å²) in [4.78, 5) is 13.9. The van der Waals surface area contributed by atoms with Crippen molar-refractivity contribution in [1.82, 2.24) is 4.98 Å². The fourth-order valence-corrected chi connectivity index (χ4v) is 1.76. The lowest BCUT2D eigenvalue weighted by molar-refractivity contribution is 0.582. The largest absolute Gasteiger partial charge is 0.464 e. The number of pyridine rings is 1. The number of nitrogens with one attached hydrogen (secondary N) is 1. The van der Waals surface area contributed by atoms with Crippen molar-refractivity contribution in [2.45, 2.75) is 0 Å². The highest BCUT2D eigenvalue weighted by molar-refractivity contribution is 5.85. The lowest BCUT2D eigenvalue weighted by atomic mass is 10.1. The van der Waals surface area contributed by atoms with Gasteiger partial charge in [-0.2, -0.15) is 0 Å². The Kier molecular flexibility index (Phi) is 1.90. The second-order valence-electron chi connectivity index (χ2n) is 3.62. The molecule has 0 radical (unpaired) electrons. The number of rotatable bonds is 1. The van der Waals surface area contributed by atoms with Gasteiger partial charge >= 0.3 is 0 Å². The first-order chi connectivity index (χ1) is 7.83. The van der Waals surface area contributed by atoms with E-state index in [2.05, 4.69) is 4.98 Å². The number of hydrogen-bond acceptors (Lipinski definition) is 2. The highest BCUT2D eigenvalue weighted by Crippen LogP contribution is 2.23. The predicted molar refractivity (Wildman–Crippen MR) is 62.3 cm³/mol. The Morgan fingerprint density at radius 3 is 2.81 bits per heavy atom. The van der Waals surface area contributed by atoms with Gasteiger partial charge in [0.15, 0.2) is 0 Å². The molecule has 3 nitrogen and oxygen atoms in total. The fourth-order valence-electron chi connectivity index (χ4n) is 1.76. The molecule has 2 aromatic heterocycles. The van der Waals surface area contributed by atoms with E-state index in [1.807, 2.05) is 30.3 Å². The molecular weight excluding hydrogens is 202 g/mol. The lowest BCUT2D eigenvalue weighted by Gasteiger charge is -2.00. The second kappa shape index (κ2) is 3.38. The lowest BCUT2D eigenvalue weighted by Crippen LogP contribution is -2.01. The van der Waals surface area contributed by atoms with Crippen molar-refractivity contribution in [2.75, 3.05) is 0 Å². The normalized spacial score (nSPS) is 10.8. The van der Waals surface area contributed by atoms with Gasteiger partial charge in [0.1, 0.15) is 5.76 Å². The molecule has 1 N–H and O–H groups in total. The van der Waals surface area contributed by atoms with E-state index in [1.54, 1.807) is 18.5 Å². The molecule has 16 heavy (non-hydrogen) atoms. The minimum Gasteiger partial charge on any atom is -0.464 e. The van der Waals surface area contributed by atoms with E-state index in [-0.39, 0.29) is 5.56 Å². The highest BCUT2D eigenvalue weighted by atomic mass is 16.3. The van der Waals surface area contributed by atoms with E-state index < -0.39 is 0 Å². The van der Waals surface area contributed by atoms with Crippen molar-refractivity contribution in [2.24, 2.45) is 0 Å². The maximum atomic E-state index is 11.2. The third kappa shape index (κ3) is 1.42. The van der Waals surface area contributed by atoms with E-state index in [0.717, 1.165) is 22.1 Å². The van der Waals surface area contributed by atoms with E-state index in [1.165, 1.54) is 0 Å². The summed E-state index contributed by atoms with van der Waals surface area (Å²) in [6.07, 6.45) is 3.35. The van der Waals surface area contributed by atoms with Gasteiger partial charge in [0.05, 0.1) is 6.26 Å². The Morgan fingerprint density at radius 2 is 2.00 bits per heavy atom. The van der Waals surface area contributed by atoms with Crippen molar-refractivity contribution in [1.29, 1.82) is 0 Å². The van der Waals surface area contributed by atoms with E-state index >= 15 is 0 Å². The van der Waals surface area contributed by atoms with Crippen molar-refractivity contribution in [3.63, 3.8) is 0 Å². The van der Waals surface area contributed by atoms with Crippen molar-refractivity contribution in [3.8, 4) is 11.3 Å². The molecular formula is C13H9NO2. The SMILES string of the molecule is O=c1cc2cc(-c3ccco3)ccc2c[nH]1. The van der Waals surface area contributed by atoms with Gasteiger partial charge in [0.25, 0.3) is 0 Å². The molecule has 3 rings (SSSR count). The molecule has 1 aromatic carbocycles. The maximum absolute atomic E-state index is 11.2. The number of aromatic amines is 1. The van der Waals surface area contributed by atoms with Crippen LogP contribution in [0.4, 0.5) is 0 Å². The molecule has 0 spiro atoms. The number of H-pyrrole nitrogens is 1. The van der Waals surface area contributed by atoms with Gasteiger partial charge < -0.3 is 9.40 Å². The molecule has 0 aliphatic heterocycles. The van der Waals surface area contributed by atoms with Gasteiger partial charge in [0.2, 0.25) is 5.56 Å². The molecule has 78 valence electrons. The number of furan rings is 1. The minimum atomic E-state index is -0.0934. The minimum absolute atomic E-state index is 0.0934. The third-order valence-corrected chi connectivity index (χ3v) is 2.55. The van der Waals surface area contributed by atoms with E-state index in [9.17, 15) is 4.79 Å². The summed E-state index contributed by atoms with van der Waals surface area (Å²) >= 11 is 0. The van der Waals surface area contributed by atoms with Crippen LogP contribution in [-0.4, -0.2) is 4.98 Å². The zero-order chi connectivity index (χ0) is 11.0. The smallest absolute Gasteiger partial charge is 0.248 e. The van der Waals surface area contributed by atoms with Crippen molar-refractivity contribution < 1.29 is 4.42 Å². The van der Waals surface area contributed by atoms with Crippen LogP contribution >= 0.6 is 0 Å². The molecule has 0 saturated heterocycles. The van der Waals surface area contributed by atoms with Gasteiger partial charge in [-0.25, -0.2) is 0 Å². The van der Waals surface area contributed by atoms with Gasteiger partial charge in [-0.1, -0.05) is 12.1 Å². The van der Waals surface area contributed by atoms with Crippen LogP contribution in [0.3, 0.4) is 0 Å². The quantitative estimate of drug-likeness (QED) is 0.672. The van der Waals surface area contributed by atoms with Crippen LogP contribution < -0.4 is 5.56 Å². The Morgan fingerprint density at radius 1 is 1.06 bits per heavy atom. The number of hydrogen-bond donors (Lipinski definition) is 1. The molecule has 3 aromatic rings. The van der Waals surface area contributed by atoms with Crippen LogP contribution in [0.25, 0.3) is 22.1 Å². The summed E-state index contributed by atoms with van der Waals surface area (Å²) in [7, 11) is 0. The number of benzene rings is 1. The summed E-state index contributed by atoms with van der Waals surface area (Å²) < 4.78 is 5.31. The van der Waals surface area contributed by atoms with Crippen LogP contribution in [0, 0.1) is 0 Å². The number of fused-ring (bicyclic) bond motifs is 1. The Balaban J connectivity index is 2.26. The van der Waals surface area contributed by atoms with Gasteiger partial charge in [-0.05, 0) is 29.0 Å². The average molecular weight is 211 g/mol. The zero-order valence-corrected chi connectivity index (χ0v) is 8.44. The summed E-state index contributed by atoms with van der Waals surface area (Å²) in [5.74, 6) is 0.808. The standard InChI is InChI=1S/C13H9NO2/c15-13-7-11-6-9(12-2-1-5-16-12)3-4-10(11)8-14-13/h1-8H,(H,14,15). The monoisotopic (exact) mass is 211 g/mol. The molecule has 0 atom stereocenters. The summed E-state index contributed by atoms with van der Waals surface area (Å²) in [6, 6.07) is 11.2. The molecule has 0 unspecified atom stereocenters. The van der Waals surface area contributed by atoms with Gasteiger partial charge in [-0.15, -0.1) is 0 Å². The van der Waals surface area contributed by atoms with Gasteiger partial charge in [-0.3, -0.25) is 4.79 Å². The van der Waals surface area contributed by atoms with E-state index in [0.29, 0.717) is 0 Å². The van der Waals surface area contributed by atoms with Crippen LogP contribution in [0.2, 0.25) is 0 Å². The number of aromatic nitrogens is 1. The molecule has 0 saturated carbocycles. The van der Waals surface area contributed by atoms with Crippen molar-refractivity contribution in [3.05, 3.63) is 59.2 Å². The third-order valence-electron chi connectivity index (χ3n) is 2.55. The molecule has 0 aliphatic carbocycles. The zero-order valence-electron chi connectivity index (χ0n) is 8.44. The summed E-state index contributed by atoms with van der Waals surface area (Å²) in [5.41, 5.74) is 0.882. The molecule has 0 fully saturated rings. The highest BCUT2D eigenvalue weighted by Gasteiger charge is 2.01. The first-order valence-electron chi connectivity index (χ1n) is 4.99. The Hall–Kier alpha value is -2.29. The van der Waals surface area contributed by atoms with Crippen LogP contribution in [-0.2, 0) is 0 Å². The maximum Gasteiger partial charge on any atom is 0.248 e. The Bertz CT molecular complexity index is 680. The van der Waals surface area contributed by atoms with Crippen LogP contribution in [0.1, 0.15) is 0 Å². The van der Waals surface area contributed by atoms with Crippen LogP contribution in [0.5, 0.6) is 0 Å². The molecule has 0 amide bonds. The van der Waals surface area contributed by atoms with Crippen LogP contribution in [0.15, 0.2) is 58.1 Å². The molecule has 3 heteroatoms.